The fourth-order valence-corrected chi connectivity index (χ4v) is 1.59. The second-order valence-electron chi connectivity index (χ2n) is 3.75. The maximum absolute atomic E-state index is 11.0. The highest BCUT2D eigenvalue weighted by atomic mass is 16.6. The number of hydrogen-bond acceptors (Lipinski definition) is 6. The molecule has 0 saturated carbocycles. The summed E-state index contributed by atoms with van der Waals surface area (Å²) in [6, 6.07) is 0. The van der Waals surface area contributed by atoms with E-state index in [1.165, 1.54) is 26.2 Å². The van der Waals surface area contributed by atoms with E-state index in [4.69, 9.17) is 19.3 Å². The molecule has 1 heterocycles. The molecule has 1 aliphatic rings. The summed E-state index contributed by atoms with van der Waals surface area (Å²) in [5, 5.41) is 8.73. The SMILES string of the molecule is CC(=O)OC1C=COC(CC(=O)O)C1OC(C)=O. The second-order valence-corrected chi connectivity index (χ2v) is 3.75. The molecule has 100 valence electrons. The number of carbonyl (C=O) groups excluding carboxylic acids is 2. The zero-order chi connectivity index (χ0) is 13.7. The average Bonchev–Trinajstić information content (AvgIpc) is 2.20. The largest absolute Gasteiger partial charge is 0.494 e. The van der Waals surface area contributed by atoms with E-state index in [0.29, 0.717) is 0 Å². The van der Waals surface area contributed by atoms with E-state index >= 15 is 0 Å². The van der Waals surface area contributed by atoms with Crippen LogP contribution in [0.4, 0.5) is 0 Å². The zero-order valence-corrected chi connectivity index (χ0v) is 9.99. The van der Waals surface area contributed by atoms with Crippen molar-refractivity contribution >= 4 is 17.9 Å². The van der Waals surface area contributed by atoms with Crippen LogP contribution in [0.5, 0.6) is 0 Å². The number of carbonyl (C=O) groups is 3. The molecule has 0 fully saturated rings. The van der Waals surface area contributed by atoms with Crippen molar-refractivity contribution in [1.29, 1.82) is 0 Å². The first-order valence-corrected chi connectivity index (χ1v) is 5.28. The van der Waals surface area contributed by atoms with Gasteiger partial charge in [-0.15, -0.1) is 0 Å². The topological polar surface area (TPSA) is 99.1 Å². The number of hydrogen-bond donors (Lipinski definition) is 1. The predicted molar refractivity (Wildman–Crippen MR) is 57.4 cm³/mol. The highest BCUT2D eigenvalue weighted by Crippen LogP contribution is 2.21. The standard InChI is InChI=1S/C11H14O7/c1-6(12)17-8-3-4-16-9(5-10(14)15)11(8)18-7(2)13/h3-4,8-9,11H,5H2,1-2H3,(H,14,15). The number of aliphatic carboxylic acids is 1. The monoisotopic (exact) mass is 258 g/mol. The lowest BCUT2D eigenvalue weighted by Crippen LogP contribution is -2.46. The molecule has 0 saturated heterocycles. The Bertz CT molecular complexity index is 374. The molecular weight excluding hydrogens is 244 g/mol. The summed E-state index contributed by atoms with van der Waals surface area (Å²) in [4.78, 5) is 32.6. The molecule has 1 N–H and O–H groups in total. The third kappa shape index (κ3) is 4.08. The van der Waals surface area contributed by atoms with Crippen molar-refractivity contribution in [3.05, 3.63) is 12.3 Å². The van der Waals surface area contributed by atoms with E-state index in [-0.39, 0.29) is 6.42 Å². The highest BCUT2D eigenvalue weighted by molar-refractivity contribution is 5.69. The summed E-state index contributed by atoms with van der Waals surface area (Å²) in [5.74, 6) is -2.27. The van der Waals surface area contributed by atoms with Crippen molar-refractivity contribution in [2.45, 2.75) is 38.6 Å². The lowest BCUT2D eigenvalue weighted by Gasteiger charge is -2.32. The van der Waals surface area contributed by atoms with Crippen LogP contribution in [0.3, 0.4) is 0 Å². The molecule has 0 radical (unpaired) electrons. The Hall–Kier alpha value is -2.05. The molecule has 18 heavy (non-hydrogen) atoms. The quantitative estimate of drug-likeness (QED) is 0.721. The van der Waals surface area contributed by atoms with Crippen LogP contribution in [0, 0.1) is 0 Å². The van der Waals surface area contributed by atoms with Gasteiger partial charge in [0.1, 0.15) is 6.10 Å². The first-order valence-electron chi connectivity index (χ1n) is 5.28. The Balaban J connectivity index is 2.84. The first-order chi connectivity index (χ1) is 8.40. The zero-order valence-electron chi connectivity index (χ0n) is 9.99. The highest BCUT2D eigenvalue weighted by Gasteiger charge is 2.38. The smallest absolute Gasteiger partial charge is 0.307 e. The minimum absolute atomic E-state index is 0.361. The Morgan fingerprint density at radius 2 is 1.83 bits per heavy atom. The van der Waals surface area contributed by atoms with Gasteiger partial charge in [-0.3, -0.25) is 14.4 Å². The van der Waals surface area contributed by atoms with Gasteiger partial charge in [-0.2, -0.15) is 0 Å². The van der Waals surface area contributed by atoms with E-state index in [2.05, 4.69) is 0 Å². The molecule has 1 rings (SSSR count). The minimum atomic E-state index is -1.10. The molecule has 0 aromatic carbocycles. The molecule has 0 bridgehead atoms. The van der Waals surface area contributed by atoms with E-state index < -0.39 is 36.2 Å². The third-order valence-corrected chi connectivity index (χ3v) is 2.19. The van der Waals surface area contributed by atoms with Crippen LogP contribution in [0.2, 0.25) is 0 Å². The maximum atomic E-state index is 11.0. The molecule has 0 spiro atoms. The summed E-state index contributed by atoms with van der Waals surface area (Å²) in [6.45, 7) is 2.39. The number of rotatable bonds is 4. The Morgan fingerprint density at radius 1 is 1.22 bits per heavy atom. The van der Waals surface area contributed by atoms with E-state index in [1.54, 1.807) is 0 Å². The lowest BCUT2D eigenvalue weighted by atomic mass is 10.0. The number of carboxylic acid groups (broad SMARTS) is 1. The van der Waals surface area contributed by atoms with E-state index in [1.807, 2.05) is 0 Å². The van der Waals surface area contributed by atoms with Gasteiger partial charge < -0.3 is 19.3 Å². The first kappa shape index (κ1) is 14.0. The maximum Gasteiger partial charge on any atom is 0.307 e. The molecule has 3 unspecified atom stereocenters. The average molecular weight is 258 g/mol. The summed E-state index contributed by atoms with van der Waals surface area (Å²) in [5.41, 5.74) is 0. The molecule has 0 aliphatic carbocycles. The van der Waals surface area contributed by atoms with Gasteiger partial charge in [-0.05, 0) is 6.08 Å². The molecule has 0 aromatic rings. The molecule has 0 amide bonds. The van der Waals surface area contributed by atoms with Crippen LogP contribution in [-0.2, 0) is 28.6 Å². The fourth-order valence-electron chi connectivity index (χ4n) is 1.59. The van der Waals surface area contributed by atoms with Crippen molar-refractivity contribution < 1.29 is 33.7 Å². The van der Waals surface area contributed by atoms with Crippen molar-refractivity contribution in [3.63, 3.8) is 0 Å². The van der Waals surface area contributed by atoms with Crippen LogP contribution >= 0.6 is 0 Å². The van der Waals surface area contributed by atoms with Gasteiger partial charge in [-0.25, -0.2) is 0 Å². The van der Waals surface area contributed by atoms with Crippen LogP contribution in [0.15, 0.2) is 12.3 Å². The molecular formula is C11H14O7. The van der Waals surface area contributed by atoms with Crippen molar-refractivity contribution in [2.75, 3.05) is 0 Å². The predicted octanol–water partition coefficient (Wildman–Crippen LogP) is 0.237. The lowest BCUT2D eigenvalue weighted by molar-refractivity contribution is -0.175. The molecule has 3 atom stereocenters. The van der Waals surface area contributed by atoms with E-state index in [0.717, 1.165) is 0 Å². The van der Waals surface area contributed by atoms with Gasteiger partial charge in [0, 0.05) is 13.8 Å². The summed E-state index contributed by atoms with van der Waals surface area (Å²) >= 11 is 0. The van der Waals surface area contributed by atoms with Gasteiger partial charge in [0.2, 0.25) is 0 Å². The fraction of sp³-hybridized carbons (Fsp3) is 0.545. The summed E-state index contributed by atoms with van der Waals surface area (Å²) in [7, 11) is 0. The van der Waals surface area contributed by atoms with Gasteiger partial charge in [0.25, 0.3) is 0 Å². The number of ether oxygens (including phenoxy) is 3. The minimum Gasteiger partial charge on any atom is -0.494 e. The third-order valence-electron chi connectivity index (χ3n) is 2.19. The van der Waals surface area contributed by atoms with Crippen LogP contribution in [0.25, 0.3) is 0 Å². The van der Waals surface area contributed by atoms with Crippen molar-refractivity contribution in [1.82, 2.24) is 0 Å². The molecule has 0 aromatic heterocycles. The number of carboxylic acids is 1. The normalized spacial score (nSPS) is 26.0. The van der Waals surface area contributed by atoms with Gasteiger partial charge >= 0.3 is 17.9 Å². The van der Waals surface area contributed by atoms with Gasteiger partial charge in [-0.1, -0.05) is 0 Å². The Kier molecular flexibility index (Phi) is 4.70. The Morgan fingerprint density at radius 3 is 2.33 bits per heavy atom. The summed E-state index contributed by atoms with van der Waals surface area (Å²) < 4.78 is 15.0. The van der Waals surface area contributed by atoms with Gasteiger partial charge in [0.05, 0.1) is 12.7 Å². The summed E-state index contributed by atoms with van der Waals surface area (Å²) in [6.07, 6.45) is -0.424. The molecule has 7 nitrogen and oxygen atoms in total. The van der Waals surface area contributed by atoms with Crippen LogP contribution < -0.4 is 0 Å². The van der Waals surface area contributed by atoms with Crippen molar-refractivity contribution in [3.8, 4) is 0 Å². The number of esters is 2. The van der Waals surface area contributed by atoms with Crippen LogP contribution in [0.1, 0.15) is 20.3 Å². The van der Waals surface area contributed by atoms with E-state index in [9.17, 15) is 14.4 Å². The molecule has 1 aliphatic heterocycles. The van der Waals surface area contributed by atoms with Crippen LogP contribution in [-0.4, -0.2) is 41.3 Å². The van der Waals surface area contributed by atoms with Crippen molar-refractivity contribution in [2.24, 2.45) is 0 Å². The van der Waals surface area contributed by atoms with Gasteiger partial charge in [0.15, 0.2) is 12.2 Å². The Labute approximate surface area is 103 Å². The second kappa shape index (κ2) is 6.04. The molecule has 7 heteroatoms.